The Labute approximate surface area is 169 Å². The van der Waals surface area contributed by atoms with E-state index in [2.05, 4.69) is 10.3 Å². The molecule has 0 bridgehead atoms. The monoisotopic (exact) mass is 430 g/mol. The SMILES string of the molecule is O=C(Cc1csc(-c2ccc(Cl)cc2Cl)n1)NC1(C(=O)O)CCSCC1. The van der Waals surface area contributed by atoms with E-state index >= 15 is 0 Å². The molecule has 0 unspecified atom stereocenters. The summed E-state index contributed by atoms with van der Waals surface area (Å²) < 4.78 is 0. The van der Waals surface area contributed by atoms with Gasteiger partial charge in [0.2, 0.25) is 5.91 Å². The summed E-state index contributed by atoms with van der Waals surface area (Å²) in [7, 11) is 0. The molecule has 1 aliphatic heterocycles. The predicted octanol–water partition coefficient (Wildman–Crippen LogP) is 4.13. The Hall–Kier alpha value is -1.28. The molecular formula is C17H16Cl2N2O3S2. The fraction of sp³-hybridized carbons (Fsp3) is 0.353. The maximum Gasteiger partial charge on any atom is 0.329 e. The number of thiazole rings is 1. The van der Waals surface area contributed by atoms with Crippen molar-refractivity contribution in [3.63, 3.8) is 0 Å². The molecule has 1 saturated heterocycles. The standard InChI is InChI=1S/C17H16Cl2N2O3S2/c18-10-1-2-12(13(19)7-10)15-20-11(9-26-15)8-14(22)21-17(16(23)24)3-5-25-6-4-17/h1-2,7,9H,3-6,8H2,(H,21,22)(H,23,24). The van der Waals surface area contributed by atoms with Crippen molar-refractivity contribution in [2.75, 3.05) is 11.5 Å². The van der Waals surface area contributed by atoms with Crippen molar-refractivity contribution in [2.45, 2.75) is 24.8 Å². The van der Waals surface area contributed by atoms with Gasteiger partial charge in [0.1, 0.15) is 10.5 Å². The third-order valence-electron chi connectivity index (χ3n) is 4.19. The minimum Gasteiger partial charge on any atom is -0.480 e. The van der Waals surface area contributed by atoms with Crippen LogP contribution in [0.1, 0.15) is 18.5 Å². The van der Waals surface area contributed by atoms with E-state index in [4.69, 9.17) is 23.2 Å². The zero-order valence-electron chi connectivity index (χ0n) is 13.6. The van der Waals surface area contributed by atoms with Crippen molar-refractivity contribution in [1.82, 2.24) is 10.3 Å². The molecule has 0 spiro atoms. The molecular weight excluding hydrogens is 415 g/mol. The lowest BCUT2D eigenvalue weighted by molar-refractivity contribution is -0.148. The number of halogens is 2. The average molecular weight is 431 g/mol. The maximum atomic E-state index is 12.4. The Morgan fingerprint density at radius 2 is 2.00 bits per heavy atom. The van der Waals surface area contributed by atoms with Crippen molar-refractivity contribution in [1.29, 1.82) is 0 Å². The molecule has 2 N–H and O–H groups in total. The molecule has 2 aromatic rings. The Kier molecular flexibility index (Phi) is 6.12. The number of rotatable bonds is 5. The first-order chi connectivity index (χ1) is 12.4. The number of aromatic nitrogens is 1. The van der Waals surface area contributed by atoms with Crippen LogP contribution in [-0.4, -0.2) is 39.0 Å². The third kappa shape index (κ3) is 4.34. The zero-order valence-corrected chi connectivity index (χ0v) is 16.8. The number of carbonyl (C=O) groups excluding carboxylic acids is 1. The normalized spacial score (nSPS) is 16.2. The topological polar surface area (TPSA) is 79.3 Å². The number of aliphatic carboxylic acids is 1. The average Bonchev–Trinajstić information content (AvgIpc) is 3.03. The predicted molar refractivity (Wildman–Crippen MR) is 106 cm³/mol. The summed E-state index contributed by atoms with van der Waals surface area (Å²) in [5, 5.41) is 15.8. The van der Waals surface area contributed by atoms with Crippen LogP contribution in [0.3, 0.4) is 0 Å². The molecule has 3 rings (SSSR count). The summed E-state index contributed by atoms with van der Waals surface area (Å²) in [6, 6.07) is 5.16. The molecule has 2 heterocycles. The maximum absolute atomic E-state index is 12.4. The number of hydrogen-bond acceptors (Lipinski definition) is 5. The molecule has 26 heavy (non-hydrogen) atoms. The van der Waals surface area contributed by atoms with E-state index in [0.717, 1.165) is 17.1 Å². The van der Waals surface area contributed by atoms with E-state index in [1.54, 1.807) is 35.3 Å². The van der Waals surface area contributed by atoms with Crippen molar-refractivity contribution in [2.24, 2.45) is 0 Å². The van der Waals surface area contributed by atoms with E-state index in [9.17, 15) is 14.7 Å². The van der Waals surface area contributed by atoms with Gasteiger partial charge in [-0.3, -0.25) is 4.79 Å². The number of amides is 1. The molecule has 1 aromatic carbocycles. The van der Waals surface area contributed by atoms with Crippen LogP contribution in [0.2, 0.25) is 10.0 Å². The second kappa shape index (κ2) is 8.17. The van der Waals surface area contributed by atoms with Gasteiger partial charge < -0.3 is 10.4 Å². The molecule has 0 radical (unpaired) electrons. The van der Waals surface area contributed by atoms with Gasteiger partial charge in [0.15, 0.2) is 0 Å². The lowest BCUT2D eigenvalue weighted by Crippen LogP contribution is -2.56. The van der Waals surface area contributed by atoms with Gasteiger partial charge in [-0.2, -0.15) is 11.8 Å². The summed E-state index contributed by atoms with van der Waals surface area (Å²) in [4.78, 5) is 28.5. The highest BCUT2D eigenvalue weighted by Gasteiger charge is 2.41. The molecule has 5 nitrogen and oxygen atoms in total. The largest absolute Gasteiger partial charge is 0.480 e. The molecule has 0 saturated carbocycles. The summed E-state index contributed by atoms with van der Waals surface area (Å²) >= 11 is 15.2. The van der Waals surface area contributed by atoms with E-state index in [0.29, 0.717) is 33.6 Å². The number of nitrogens with one attached hydrogen (secondary N) is 1. The number of thioether (sulfide) groups is 1. The number of carboxylic acid groups (broad SMARTS) is 1. The molecule has 0 aliphatic carbocycles. The molecule has 0 atom stereocenters. The van der Waals surface area contributed by atoms with Gasteiger partial charge in [-0.25, -0.2) is 9.78 Å². The quantitative estimate of drug-likeness (QED) is 0.745. The van der Waals surface area contributed by atoms with Crippen LogP contribution in [0, 0.1) is 0 Å². The first-order valence-corrected chi connectivity index (χ1v) is 10.7. The highest BCUT2D eigenvalue weighted by atomic mass is 35.5. The van der Waals surface area contributed by atoms with Crippen LogP contribution in [0.5, 0.6) is 0 Å². The number of hydrogen-bond donors (Lipinski definition) is 2. The molecule has 138 valence electrons. The molecule has 1 aromatic heterocycles. The van der Waals surface area contributed by atoms with Crippen molar-refractivity contribution >= 4 is 58.2 Å². The summed E-state index contributed by atoms with van der Waals surface area (Å²) in [5.74, 6) is 0.141. The Morgan fingerprint density at radius 1 is 1.27 bits per heavy atom. The van der Waals surface area contributed by atoms with Gasteiger partial charge in [-0.1, -0.05) is 23.2 Å². The highest BCUT2D eigenvalue weighted by molar-refractivity contribution is 7.99. The summed E-state index contributed by atoms with van der Waals surface area (Å²) in [6.45, 7) is 0. The van der Waals surface area contributed by atoms with Crippen molar-refractivity contribution in [3.8, 4) is 10.6 Å². The van der Waals surface area contributed by atoms with Crippen LogP contribution < -0.4 is 5.32 Å². The fourth-order valence-corrected chi connectivity index (χ4v) is 5.36. The molecule has 9 heteroatoms. The van der Waals surface area contributed by atoms with E-state index in [1.807, 2.05) is 0 Å². The van der Waals surface area contributed by atoms with Crippen LogP contribution in [-0.2, 0) is 16.0 Å². The van der Waals surface area contributed by atoms with Gasteiger partial charge in [0, 0.05) is 16.0 Å². The smallest absolute Gasteiger partial charge is 0.329 e. The first-order valence-electron chi connectivity index (χ1n) is 7.92. The van der Waals surface area contributed by atoms with Crippen LogP contribution in [0.25, 0.3) is 10.6 Å². The van der Waals surface area contributed by atoms with Crippen molar-refractivity contribution < 1.29 is 14.7 Å². The van der Waals surface area contributed by atoms with E-state index in [-0.39, 0.29) is 12.3 Å². The Balaban J connectivity index is 1.70. The first kappa shape index (κ1) is 19.5. The third-order valence-corrected chi connectivity index (χ3v) is 6.65. The van der Waals surface area contributed by atoms with Crippen LogP contribution >= 0.6 is 46.3 Å². The van der Waals surface area contributed by atoms with Gasteiger partial charge in [0.05, 0.1) is 17.1 Å². The number of benzene rings is 1. The zero-order chi connectivity index (χ0) is 18.7. The summed E-state index contributed by atoms with van der Waals surface area (Å²) in [5.41, 5.74) is 0.166. The number of carbonyl (C=O) groups is 2. The van der Waals surface area contributed by atoms with Gasteiger partial charge >= 0.3 is 5.97 Å². The van der Waals surface area contributed by atoms with Crippen LogP contribution in [0.15, 0.2) is 23.6 Å². The minimum absolute atomic E-state index is 0.0316. The van der Waals surface area contributed by atoms with E-state index < -0.39 is 11.5 Å². The number of nitrogens with zero attached hydrogens (tertiary/aromatic N) is 1. The van der Waals surface area contributed by atoms with Gasteiger partial charge in [-0.15, -0.1) is 11.3 Å². The number of carboxylic acids is 1. The molecule has 1 fully saturated rings. The second-order valence-corrected chi connectivity index (χ2v) is 8.92. The lowest BCUT2D eigenvalue weighted by atomic mass is 9.92. The Bertz CT molecular complexity index is 835. The molecule has 1 amide bonds. The van der Waals surface area contributed by atoms with Gasteiger partial charge in [-0.05, 0) is 42.5 Å². The Morgan fingerprint density at radius 3 is 2.65 bits per heavy atom. The van der Waals surface area contributed by atoms with Gasteiger partial charge in [0.25, 0.3) is 0 Å². The van der Waals surface area contributed by atoms with Crippen LogP contribution in [0.4, 0.5) is 0 Å². The highest BCUT2D eigenvalue weighted by Crippen LogP contribution is 2.32. The minimum atomic E-state index is -1.17. The van der Waals surface area contributed by atoms with E-state index in [1.165, 1.54) is 11.3 Å². The van der Waals surface area contributed by atoms with Crippen molar-refractivity contribution in [3.05, 3.63) is 39.3 Å². The fourth-order valence-electron chi connectivity index (χ4n) is 2.76. The lowest BCUT2D eigenvalue weighted by Gasteiger charge is -2.33. The summed E-state index contributed by atoms with van der Waals surface area (Å²) in [6.07, 6.45) is 0.896. The second-order valence-electron chi connectivity index (χ2n) is 5.99. The molecule has 1 aliphatic rings.